The first-order valence-electron chi connectivity index (χ1n) is 12.2. The van der Waals surface area contributed by atoms with Crippen LogP contribution in [0.1, 0.15) is 51.0 Å². The topological polar surface area (TPSA) is 114 Å². The van der Waals surface area contributed by atoms with Gasteiger partial charge in [0.05, 0.1) is 18.1 Å². The van der Waals surface area contributed by atoms with Gasteiger partial charge in [-0.05, 0) is 80.4 Å². The first-order valence-corrected chi connectivity index (χ1v) is 12.6. The van der Waals surface area contributed by atoms with Crippen molar-refractivity contribution in [2.75, 3.05) is 6.54 Å². The summed E-state index contributed by atoms with van der Waals surface area (Å²) in [5, 5.41) is 2.15. The van der Waals surface area contributed by atoms with Gasteiger partial charge in [0.25, 0.3) is 17.7 Å². The molecule has 0 radical (unpaired) electrons. The number of hydrogen-bond acceptors (Lipinski definition) is 7. The second-order valence-corrected chi connectivity index (χ2v) is 9.81. The smallest absolute Gasteiger partial charge is 0.379 e. The molecule has 9 nitrogen and oxygen atoms in total. The Labute approximate surface area is 228 Å². The van der Waals surface area contributed by atoms with Crippen LogP contribution in [0.15, 0.2) is 83.0 Å². The Bertz CT molecular complexity index is 1480. The van der Waals surface area contributed by atoms with Crippen LogP contribution in [-0.2, 0) is 9.59 Å². The summed E-state index contributed by atoms with van der Waals surface area (Å²) in [6.07, 6.45) is 4.08. The molecule has 0 saturated carbocycles. The number of carbonyl (C=O) groups excluding carboxylic acids is 5. The van der Waals surface area contributed by atoms with Crippen molar-refractivity contribution in [1.82, 2.24) is 10.0 Å². The van der Waals surface area contributed by atoms with Crippen molar-refractivity contribution in [2.24, 2.45) is 11.8 Å². The van der Waals surface area contributed by atoms with E-state index in [0.717, 1.165) is 15.6 Å². The minimum Gasteiger partial charge on any atom is -0.457 e. The first kappa shape index (κ1) is 26.1. The van der Waals surface area contributed by atoms with Crippen LogP contribution in [0.4, 0.5) is 0 Å². The number of allylic oxidation sites excluding steroid dienone is 2. The first-order chi connectivity index (χ1) is 18.7. The van der Waals surface area contributed by atoms with Crippen LogP contribution in [0.2, 0.25) is 5.02 Å². The predicted molar refractivity (Wildman–Crippen MR) is 139 cm³/mol. The van der Waals surface area contributed by atoms with Crippen LogP contribution in [0.3, 0.4) is 0 Å². The lowest BCUT2D eigenvalue weighted by Crippen LogP contribution is -2.52. The van der Waals surface area contributed by atoms with Gasteiger partial charge in [-0.2, -0.15) is 5.01 Å². The van der Waals surface area contributed by atoms with Gasteiger partial charge >= 0.3 is 5.97 Å². The molecule has 2 heterocycles. The second-order valence-electron chi connectivity index (χ2n) is 9.38. The van der Waals surface area contributed by atoms with E-state index < -0.39 is 47.9 Å². The van der Waals surface area contributed by atoms with Crippen LogP contribution in [0.25, 0.3) is 0 Å². The highest BCUT2D eigenvalue weighted by Crippen LogP contribution is 2.38. The maximum absolute atomic E-state index is 13.6. The molecule has 0 spiro atoms. The minimum absolute atomic E-state index is 0.0254. The van der Waals surface area contributed by atoms with Gasteiger partial charge in [0.1, 0.15) is 12.3 Å². The molecule has 10 heteroatoms. The molecule has 0 unspecified atom stereocenters. The molecule has 3 aromatic rings. The van der Waals surface area contributed by atoms with Gasteiger partial charge in [-0.25, -0.2) is 9.80 Å². The summed E-state index contributed by atoms with van der Waals surface area (Å²) < 4.78 is 10.2. The zero-order chi connectivity index (χ0) is 27.7. The zero-order valence-corrected chi connectivity index (χ0v) is 21.6. The second kappa shape index (κ2) is 10.7. The van der Waals surface area contributed by atoms with E-state index in [1.165, 1.54) is 60.9 Å². The lowest BCUT2D eigenvalue weighted by atomic mass is 9.82. The van der Waals surface area contributed by atoms with Gasteiger partial charge in [0, 0.05) is 16.1 Å². The number of rotatable bonds is 7. The van der Waals surface area contributed by atoms with E-state index in [0.29, 0.717) is 17.9 Å². The van der Waals surface area contributed by atoms with E-state index in [9.17, 15) is 24.0 Å². The van der Waals surface area contributed by atoms with Crippen molar-refractivity contribution in [2.45, 2.75) is 19.8 Å². The summed E-state index contributed by atoms with van der Waals surface area (Å²) in [6, 6.07) is 14.7. The Hall–Kier alpha value is -4.50. The Morgan fingerprint density at radius 3 is 2.31 bits per heavy atom. The zero-order valence-electron chi connectivity index (χ0n) is 20.8. The maximum Gasteiger partial charge on any atom is 0.379 e. The van der Waals surface area contributed by atoms with Crippen LogP contribution in [-0.4, -0.2) is 46.0 Å². The van der Waals surface area contributed by atoms with Crippen LogP contribution in [0, 0.1) is 11.8 Å². The Kier molecular flexibility index (Phi) is 7.17. The van der Waals surface area contributed by atoms with Crippen molar-refractivity contribution in [1.29, 1.82) is 0 Å². The molecule has 1 aliphatic heterocycles. The van der Waals surface area contributed by atoms with Crippen molar-refractivity contribution < 1.29 is 33.1 Å². The highest BCUT2D eigenvalue weighted by molar-refractivity contribution is 6.30. The van der Waals surface area contributed by atoms with Crippen molar-refractivity contribution in [3.05, 3.63) is 100 Å². The third kappa shape index (κ3) is 5.26. The summed E-state index contributed by atoms with van der Waals surface area (Å²) in [5.41, 5.74) is 1.35. The number of Topliss-reactive ketones (excluding diaryl/α,β-unsaturated/α-hetero) is 1. The summed E-state index contributed by atoms with van der Waals surface area (Å²) in [4.78, 5) is 65.7. The van der Waals surface area contributed by atoms with Crippen molar-refractivity contribution in [3.63, 3.8) is 0 Å². The molecule has 5 rings (SSSR count). The highest BCUT2D eigenvalue weighted by Gasteiger charge is 2.51. The average Bonchev–Trinajstić information content (AvgIpc) is 3.55. The highest BCUT2D eigenvalue weighted by atomic mass is 35.5. The molecule has 1 fully saturated rings. The Balaban J connectivity index is 1.39. The monoisotopic (exact) mass is 546 g/mol. The number of halogens is 1. The molecule has 3 amide bonds. The number of carbonyl (C=O) groups is 5. The number of esters is 1. The molecule has 1 aromatic heterocycles. The van der Waals surface area contributed by atoms with E-state index in [-0.39, 0.29) is 22.6 Å². The van der Waals surface area contributed by atoms with Crippen molar-refractivity contribution in [3.8, 4) is 5.75 Å². The number of imide groups is 1. The van der Waals surface area contributed by atoms with E-state index in [1.54, 1.807) is 6.07 Å². The number of benzene rings is 2. The molecule has 1 saturated heterocycles. The number of hydrazine groups is 1. The maximum atomic E-state index is 13.6. The number of ether oxygens (including phenoxy) is 1. The Morgan fingerprint density at radius 1 is 0.974 bits per heavy atom. The average molecular weight is 547 g/mol. The van der Waals surface area contributed by atoms with E-state index >= 15 is 0 Å². The van der Waals surface area contributed by atoms with Crippen LogP contribution < -0.4 is 4.74 Å². The number of fused-ring (bicyclic) bond motifs is 1. The number of ketones is 1. The van der Waals surface area contributed by atoms with Gasteiger partial charge in [0.2, 0.25) is 5.76 Å². The fraction of sp³-hybridized carbons (Fsp3) is 0.207. The lowest BCUT2D eigenvalue weighted by Gasteiger charge is -2.30. The third-order valence-electron chi connectivity index (χ3n) is 6.77. The molecular weight excluding hydrogens is 524 g/mol. The summed E-state index contributed by atoms with van der Waals surface area (Å²) >= 11 is 5.96. The molecule has 0 bridgehead atoms. The van der Waals surface area contributed by atoms with E-state index in [2.05, 4.69) is 0 Å². The number of amides is 3. The van der Waals surface area contributed by atoms with E-state index in [4.69, 9.17) is 20.8 Å². The van der Waals surface area contributed by atoms with Gasteiger partial charge in [-0.1, -0.05) is 23.3 Å². The fourth-order valence-electron chi connectivity index (χ4n) is 4.72. The molecule has 0 N–H and O–H groups in total. The molecule has 2 aromatic carbocycles. The number of furan rings is 1. The minimum atomic E-state index is -0.698. The van der Waals surface area contributed by atoms with Gasteiger partial charge in [-0.3, -0.25) is 19.2 Å². The normalized spacial score (nSPS) is 18.4. The number of nitrogens with zero attached hydrogens (tertiary/aromatic N) is 2. The summed E-state index contributed by atoms with van der Waals surface area (Å²) in [5.74, 6) is -3.88. The number of hydrogen-bond donors (Lipinski definition) is 0. The van der Waals surface area contributed by atoms with Crippen LogP contribution >= 0.6 is 11.6 Å². The summed E-state index contributed by atoms with van der Waals surface area (Å²) in [6.45, 7) is 1.34. The van der Waals surface area contributed by atoms with Gasteiger partial charge < -0.3 is 9.15 Å². The molecule has 1 aliphatic carbocycles. The van der Waals surface area contributed by atoms with Crippen molar-refractivity contribution >= 4 is 41.1 Å². The molecule has 2 atom stereocenters. The fourth-order valence-corrected chi connectivity index (χ4v) is 4.85. The largest absolute Gasteiger partial charge is 0.457 e. The van der Waals surface area contributed by atoms with Crippen LogP contribution in [0.5, 0.6) is 5.75 Å². The summed E-state index contributed by atoms with van der Waals surface area (Å²) in [7, 11) is 0. The molecular formula is C29H23ClN2O7. The third-order valence-corrected chi connectivity index (χ3v) is 7.02. The quantitative estimate of drug-likeness (QED) is 0.138. The molecule has 2 aliphatic rings. The predicted octanol–water partition coefficient (Wildman–Crippen LogP) is 4.73. The molecule has 39 heavy (non-hydrogen) atoms. The lowest BCUT2D eigenvalue weighted by molar-refractivity contribution is -0.154. The molecule has 198 valence electrons. The SMILES string of the molecule is CC1=CC[C@@H]2C(=O)N(N(CC(=O)c3ccc(OC(=O)c4ccco4)cc3)C(=O)c3ccc(Cl)cc3)C(=O)[C@@H]2C1. The standard InChI is InChI=1S/C29H23ClN2O7/c1-17-4-13-22-23(15-17)28(36)32(27(22)35)31(26(34)19-5-9-20(30)10-6-19)16-24(33)18-7-11-21(12-8-18)39-29(37)25-3-2-14-38-25/h2-12,14,22-23H,13,15-16H2,1H3/t22-,23+/m0/s1. The Morgan fingerprint density at radius 2 is 1.64 bits per heavy atom. The van der Waals surface area contributed by atoms with E-state index in [1.807, 2.05) is 13.0 Å². The van der Waals surface area contributed by atoms with Gasteiger partial charge in [0.15, 0.2) is 5.78 Å². The van der Waals surface area contributed by atoms with Gasteiger partial charge in [-0.15, -0.1) is 0 Å².